The highest BCUT2D eigenvalue weighted by atomic mass is 32.2. The van der Waals surface area contributed by atoms with Gasteiger partial charge in [0.15, 0.2) is 9.84 Å². The molecular weight excluding hydrogens is 397 g/mol. The van der Waals surface area contributed by atoms with E-state index < -0.39 is 20.9 Å². The first kappa shape index (κ1) is 21.5. The number of morpholine rings is 1. The minimum atomic E-state index is -3.67. The van der Waals surface area contributed by atoms with E-state index in [2.05, 4.69) is 4.98 Å². The predicted molar refractivity (Wildman–Crippen MR) is 110 cm³/mol. The maximum atomic E-state index is 14.5. The second kappa shape index (κ2) is 9.06. The van der Waals surface area contributed by atoms with Gasteiger partial charge >= 0.3 is 0 Å². The Bertz CT molecular complexity index is 962. The summed E-state index contributed by atoms with van der Waals surface area (Å²) < 4.78 is 51.5. The Morgan fingerprint density at radius 2 is 2.00 bits per heavy atom. The van der Waals surface area contributed by atoms with Gasteiger partial charge in [0.25, 0.3) is 0 Å². The third-order valence-corrected chi connectivity index (χ3v) is 6.96. The number of nitrogens with two attached hydrogens (primary N) is 1. The van der Waals surface area contributed by atoms with Gasteiger partial charge in [0.1, 0.15) is 11.6 Å². The summed E-state index contributed by atoms with van der Waals surface area (Å²) in [5.74, 6) is -0.490. The van der Waals surface area contributed by atoms with E-state index in [0.717, 1.165) is 6.07 Å². The molecule has 1 fully saturated rings. The Morgan fingerprint density at radius 3 is 2.66 bits per heavy atom. The first-order chi connectivity index (χ1) is 13.8. The molecule has 2 N–H and O–H groups in total. The molecule has 7 nitrogen and oxygen atoms in total. The Kier molecular flexibility index (Phi) is 6.71. The van der Waals surface area contributed by atoms with Crippen molar-refractivity contribution < 1.29 is 22.3 Å². The summed E-state index contributed by atoms with van der Waals surface area (Å²) in [6.45, 7) is 6.29. The SMILES string of the molecule is CCOC[C@@H](C)S(=O)(=O)c1cc(-c2cnc(N)cc2F)cc(N2CCOCC2)c1. The standard InChI is InChI=1S/C20H26FN3O4S/c1-3-27-13-14(2)29(25,26)17-9-15(18-12-23-20(22)11-19(18)21)8-16(10-17)24-4-6-28-7-5-24/h8-12,14H,3-7,13H2,1-2H3,(H2,22,23)/t14-/m1/s1. The number of halogens is 1. The number of hydrogen-bond donors (Lipinski definition) is 1. The van der Waals surface area contributed by atoms with Crippen LogP contribution < -0.4 is 10.6 Å². The number of rotatable bonds is 7. The van der Waals surface area contributed by atoms with E-state index in [1.54, 1.807) is 19.1 Å². The topological polar surface area (TPSA) is 94.8 Å². The van der Waals surface area contributed by atoms with Crippen molar-refractivity contribution in [3.63, 3.8) is 0 Å². The quantitative estimate of drug-likeness (QED) is 0.731. The van der Waals surface area contributed by atoms with Gasteiger partial charge in [0, 0.05) is 43.2 Å². The molecule has 3 rings (SSSR count). The second-order valence-electron chi connectivity index (χ2n) is 6.92. The number of ether oxygens (including phenoxy) is 2. The summed E-state index contributed by atoms with van der Waals surface area (Å²) in [6.07, 6.45) is 1.32. The molecule has 0 amide bonds. The molecule has 1 aromatic heterocycles. The first-order valence-corrected chi connectivity index (χ1v) is 11.1. The van der Waals surface area contributed by atoms with E-state index in [4.69, 9.17) is 15.2 Å². The zero-order valence-electron chi connectivity index (χ0n) is 16.6. The molecule has 0 spiro atoms. The molecule has 1 aliphatic rings. The summed E-state index contributed by atoms with van der Waals surface area (Å²) in [6, 6.07) is 6.02. The highest BCUT2D eigenvalue weighted by Crippen LogP contribution is 2.32. The molecule has 2 aromatic rings. The molecule has 1 aromatic carbocycles. The Balaban J connectivity index is 2.10. The van der Waals surface area contributed by atoms with Crippen molar-refractivity contribution in [2.45, 2.75) is 24.0 Å². The van der Waals surface area contributed by atoms with Crippen LogP contribution in [0, 0.1) is 5.82 Å². The fourth-order valence-electron chi connectivity index (χ4n) is 3.17. The summed E-state index contributed by atoms with van der Waals surface area (Å²) in [7, 11) is -3.67. The van der Waals surface area contributed by atoms with E-state index in [0.29, 0.717) is 44.2 Å². The van der Waals surface area contributed by atoms with Crippen LogP contribution in [0.3, 0.4) is 0 Å². The number of aromatic nitrogens is 1. The first-order valence-electron chi connectivity index (χ1n) is 9.53. The zero-order valence-corrected chi connectivity index (χ0v) is 17.4. The minimum absolute atomic E-state index is 0.0637. The lowest BCUT2D eigenvalue weighted by molar-refractivity contribution is 0.122. The van der Waals surface area contributed by atoms with Gasteiger partial charge in [-0.1, -0.05) is 0 Å². The van der Waals surface area contributed by atoms with E-state index >= 15 is 0 Å². The van der Waals surface area contributed by atoms with Gasteiger partial charge < -0.3 is 20.1 Å². The fraction of sp³-hybridized carbons (Fsp3) is 0.450. The highest BCUT2D eigenvalue weighted by molar-refractivity contribution is 7.92. The summed E-state index contributed by atoms with van der Waals surface area (Å²) in [4.78, 5) is 6.12. The van der Waals surface area contributed by atoms with Gasteiger partial charge in [-0.3, -0.25) is 0 Å². The van der Waals surface area contributed by atoms with Gasteiger partial charge in [-0.05, 0) is 37.6 Å². The summed E-state index contributed by atoms with van der Waals surface area (Å²) in [5, 5.41) is -0.732. The van der Waals surface area contributed by atoms with Crippen molar-refractivity contribution in [2.24, 2.45) is 0 Å². The summed E-state index contributed by atoms with van der Waals surface area (Å²) in [5.41, 5.74) is 6.88. The number of benzene rings is 1. The smallest absolute Gasteiger partial charge is 0.183 e. The molecule has 158 valence electrons. The number of nitrogens with zero attached hydrogens (tertiary/aromatic N) is 2. The normalized spacial score (nSPS) is 16.0. The molecule has 0 unspecified atom stereocenters. The molecule has 1 saturated heterocycles. The molecule has 0 saturated carbocycles. The second-order valence-corrected chi connectivity index (χ2v) is 9.29. The predicted octanol–water partition coefficient (Wildman–Crippen LogP) is 2.51. The van der Waals surface area contributed by atoms with Crippen molar-refractivity contribution in [1.82, 2.24) is 4.98 Å². The molecule has 0 aliphatic carbocycles. The monoisotopic (exact) mass is 423 g/mol. The van der Waals surface area contributed by atoms with Gasteiger partial charge in [-0.15, -0.1) is 0 Å². The maximum Gasteiger partial charge on any atom is 0.183 e. The number of pyridine rings is 1. The number of sulfone groups is 1. The van der Waals surface area contributed by atoms with Crippen molar-refractivity contribution in [3.05, 3.63) is 36.3 Å². The van der Waals surface area contributed by atoms with Crippen LogP contribution in [0.15, 0.2) is 35.4 Å². The van der Waals surface area contributed by atoms with Crippen LogP contribution in [0.4, 0.5) is 15.9 Å². The largest absolute Gasteiger partial charge is 0.384 e. The van der Waals surface area contributed by atoms with Gasteiger partial charge in [0.05, 0.1) is 30.0 Å². The lowest BCUT2D eigenvalue weighted by atomic mass is 10.1. The Hall–Kier alpha value is -2.23. The Morgan fingerprint density at radius 1 is 1.28 bits per heavy atom. The van der Waals surface area contributed by atoms with Crippen molar-refractivity contribution in [2.75, 3.05) is 50.2 Å². The van der Waals surface area contributed by atoms with E-state index in [1.807, 2.05) is 11.8 Å². The van der Waals surface area contributed by atoms with Crippen LogP contribution >= 0.6 is 0 Å². The zero-order chi connectivity index (χ0) is 21.0. The average Bonchev–Trinajstić information content (AvgIpc) is 2.72. The summed E-state index contributed by atoms with van der Waals surface area (Å²) >= 11 is 0. The van der Waals surface area contributed by atoms with Crippen LogP contribution in [0.5, 0.6) is 0 Å². The molecule has 29 heavy (non-hydrogen) atoms. The third kappa shape index (κ3) is 4.85. The number of hydrogen-bond acceptors (Lipinski definition) is 7. The maximum absolute atomic E-state index is 14.5. The average molecular weight is 424 g/mol. The minimum Gasteiger partial charge on any atom is -0.384 e. The highest BCUT2D eigenvalue weighted by Gasteiger charge is 2.26. The molecule has 0 radical (unpaired) electrons. The third-order valence-electron chi connectivity index (χ3n) is 4.87. The van der Waals surface area contributed by atoms with Crippen LogP contribution in [-0.2, 0) is 19.3 Å². The van der Waals surface area contributed by atoms with Crippen molar-refractivity contribution in [1.29, 1.82) is 0 Å². The lowest BCUT2D eigenvalue weighted by Crippen LogP contribution is -2.36. The molecular formula is C20H26FN3O4S. The van der Waals surface area contributed by atoms with Gasteiger partial charge in [-0.25, -0.2) is 17.8 Å². The number of nitrogen functional groups attached to an aromatic ring is 1. The van der Waals surface area contributed by atoms with Crippen LogP contribution in [0.25, 0.3) is 11.1 Å². The fourth-order valence-corrected chi connectivity index (χ4v) is 4.49. The molecule has 0 bridgehead atoms. The number of anilines is 2. The van der Waals surface area contributed by atoms with E-state index in [-0.39, 0.29) is 22.9 Å². The molecule has 1 aliphatic heterocycles. The van der Waals surface area contributed by atoms with Crippen molar-refractivity contribution >= 4 is 21.3 Å². The van der Waals surface area contributed by atoms with Crippen molar-refractivity contribution in [3.8, 4) is 11.1 Å². The lowest BCUT2D eigenvalue weighted by Gasteiger charge is -2.30. The van der Waals surface area contributed by atoms with Crippen LogP contribution in [0.1, 0.15) is 13.8 Å². The van der Waals surface area contributed by atoms with Crippen LogP contribution in [-0.4, -0.2) is 58.2 Å². The molecule has 9 heteroatoms. The van der Waals surface area contributed by atoms with Crippen LogP contribution in [0.2, 0.25) is 0 Å². The Labute approximate surface area is 170 Å². The van der Waals surface area contributed by atoms with E-state index in [1.165, 1.54) is 12.3 Å². The van der Waals surface area contributed by atoms with E-state index in [9.17, 15) is 12.8 Å². The molecule has 1 atom stereocenters. The molecule has 2 heterocycles. The van der Waals surface area contributed by atoms with Gasteiger partial charge in [-0.2, -0.15) is 0 Å². The van der Waals surface area contributed by atoms with Gasteiger partial charge in [0.2, 0.25) is 0 Å².